The normalized spacial score (nSPS) is 21.4. The number of benzene rings is 1. The van der Waals surface area contributed by atoms with E-state index in [4.69, 9.17) is 4.74 Å². The highest BCUT2D eigenvalue weighted by molar-refractivity contribution is 6.07. The quantitative estimate of drug-likeness (QED) is 0.643. The molecule has 3 aromatic rings. The molecule has 180 valence electrons. The second kappa shape index (κ2) is 8.50. The molecule has 3 fully saturated rings. The minimum absolute atomic E-state index is 0.0783. The van der Waals surface area contributed by atoms with E-state index < -0.39 is 0 Å². The maximum Gasteiger partial charge on any atom is 0.259 e. The topological polar surface area (TPSA) is 83.5 Å². The molecule has 1 amide bonds. The summed E-state index contributed by atoms with van der Waals surface area (Å²) in [6.45, 7) is 9.06. The molecule has 1 aromatic carbocycles. The van der Waals surface area contributed by atoms with Gasteiger partial charge in [0.25, 0.3) is 11.5 Å². The molecule has 8 nitrogen and oxygen atoms in total. The van der Waals surface area contributed by atoms with E-state index in [2.05, 4.69) is 21.9 Å². The summed E-state index contributed by atoms with van der Waals surface area (Å²) in [5.74, 6) is 0.921. The fraction of sp³-hybridized carbons (Fsp3) is 0.577. The summed E-state index contributed by atoms with van der Waals surface area (Å²) in [5.41, 5.74) is 3.04. The lowest BCUT2D eigenvalue weighted by Gasteiger charge is -2.38. The van der Waals surface area contributed by atoms with Crippen LogP contribution in [0.4, 0.5) is 0 Å². The Bertz CT molecular complexity index is 1290. The van der Waals surface area contributed by atoms with Crippen LogP contribution in [-0.4, -0.2) is 75.9 Å². The van der Waals surface area contributed by atoms with Gasteiger partial charge in [-0.15, -0.1) is 0 Å². The highest BCUT2D eigenvalue weighted by Crippen LogP contribution is 2.35. The highest BCUT2D eigenvalue weighted by Gasteiger charge is 2.34. The summed E-state index contributed by atoms with van der Waals surface area (Å²) in [6.07, 6.45) is 6.08. The zero-order chi connectivity index (χ0) is 23.4. The molecule has 1 saturated carbocycles. The number of nitrogens with one attached hydrogen (secondary N) is 1. The van der Waals surface area contributed by atoms with Crippen molar-refractivity contribution in [3.05, 3.63) is 39.8 Å². The number of carbonyl (C=O) groups is 1. The van der Waals surface area contributed by atoms with E-state index in [-0.39, 0.29) is 17.5 Å². The third-order valence-electron chi connectivity index (χ3n) is 8.16. The van der Waals surface area contributed by atoms with Crippen molar-refractivity contribution in [3.8, 4) is 0 Å². The van der Waals surface area contributed by atoms with Crippen LogP contribution >= 0.6 is 0 Å². The summed E-state index contributed by atoms with van der Waals surface area (Å²) in [5, 5.41) is 6.06. The van der Waals surface area contributed by atoms with Crippen LogP contribution in [0.5, 0.6) is 0 Å². The molecule has 8 heteroatoms. The first-order chi connectivity index (χ1) is 16.5. The van der Waals surface area contributed by atoms with Crippen molar-refractivity contribution in [1.29, 1.82) is 0 Å². The number of aryl methyl sites for hydroxylation is 1. The Balaban J connectivity index is 1.35. The molecule has 4 heterocycles. The Morgan fingerprint density at radius 3 is 2.53 bits per heavy atom. The molecule has 1 atom stereocenters. The van der Waals surface area contributed by atoms with E-state index in [1.807, 2.05) is 28.6 Å². The summed E-state index contributed by atoms with van der Waals surface area (Å²) >= 11 is 0. The van der Waals surface area contributed by atoms with Crippen molar-refractivity contribution in [2.45, 2.75) is 51.6 Å². The minimum atomic E-state index is -0.139. The Morgan fingerprint density at radius 2 is 1.82 bits per heavy atom. The van der Waals surface area contributed by atoms with Crippen LogP contribution in [0, 0.1) is 12.8 Å². The van der Waals surface area contributed by atoms with Crippen molar-refractivity contribution in [3.63, 3.8) is 0 Å². The van der Waals surface area contributed by atoms with E-state index in [1.165, 1.54) is 12.8 Å². The molecule has 34 heavy (non-hydrogen) atoms. The number of hydrogen-bond donors (Lipinski definition) is 1. The molecule has 0 bridgehead atoms. The predicted molar refractivity (Wildman–Crippen MR) is 131 cm³/mol. The summed E-state index contributed by atoms with van der Waals surface area (Å²) < 4.78 is 7.51. The summed E-state index contributed by atoms with van der Waals surface area (Å²) in [7, 11) is 0. The fourth-order valence-electron chi connectivity index (χ4n) is 5.81. The number of aromatic amines is 1. The minimum Gasteiger partial charge on any atom is -0.381 e. The summed E-state index contributed by atoms with van der Waals surface area (Å²) in [6, 6.07) is 4.73. The Labute approximate surface area is 198 Å². The number of H-pyrrole nitrogens is 1. The van der Waals surface area contributed by atoms with Gasteiger partial charge < -0.3 is 14.6 Å². The maximum absolute atomic E-state index is 13.6. The Hall–Kier alpha value is -2.71. The molecule has 2 aromatic heterocycles. The first-order valence-corrected chi connectivity index (χ1v) is 12.7. The molecule has 1 unspecified atom stereocenters. The molecule has 0 spiro atoms. The van der Waals surface area contributed by atoms with E-state index in [9.17, 15) is 9.59 Å². The summed E-state index contributed by atoms with van der Waals surface area (Å²) in [4.78, 5) is 33.9. The van der Waals surface area contributed by atoms with Gasteiger partial charge in [0.1, 0.15) is 0 Å². The van der Waals surface area contributed by atoms with E-state index >= 15 is 0 Å². The second-order valence-corrected chi connectivity index (χ2v) is 10.3. The van der Waals surface area contributed by atoms with Gasteiger partial charge in [-0.25, -0.2) is 0 Å². The van der Waals surface area contributed by atoms with Crippen molar-refractivity contribution in [2.24, 2.45) is 5.92 Å². The lowest BCUT2D eigenvalue weighted by Crippen LogP contribution is -2.51. The van der Waals surface area contributed by atoms with Crippen molar-refractivity contribution in [1.82, 2.24) is 24.6 Å². The molecule has 2 aliphatic heterocycles. The van der Waals surface area contributed by atoms with Gasteiger partial charge in [-0.1, -0.05) is 0 Å². The standard InChI is InChI=1S/C26H33N5O3/c1-16-13-23-21(24-22(25(32)28-23)15-27-31(24)19-5-11-34-12-6-19)14-20(16)26(33)30-9-7-29(8-10-30)17(2)18-3-4-18/h13-15,17-19H,3-12H2,1-2H3,(H,28,32). The lowest BCUT2D eigenvalue weighted by molar-refractivity contribution is 0.0563. The molecule has 0 radical (unpaired) electrons. The zero-order valence-electron chi connectivity index (χ0n) is 20.0. The van der Waals surface area contributed by atoms with Crippen molar-refractivity contribution in [2.75, 3.05) is 39.4 Å². The number of ether oxygens (including phenoxy) is 1. The number of nitrogens with zero attached hydrogens (tertiary/aromatic N) is 4. The van der Waals surface area contributed by atoms with Crippen molar-refractivity contribution < 1.29 is 9.53 Å². The average molecular weight is 464 g/mol. The highest BCUT2D eigenvalue weighted by atomic mass is 16.5. The number of pyridine rings is 1. The van der Waals surface area contributed by atoms with Crippen LogP contribution in [0.15, 0.2) is 23.1 Å². The fourth-order valence-corrected chi connectivity index (χ4v) is 5.81. The van der Waals surface area contributed by atoms with Crippen molar-refractivity contribution >= 4 is 27.7 Å². The van der Waals surface area contributed by atoms with Crippen LogP contribution in [0.2, 0.25) is 0 Å². The van der Waals surface area contributed by atoms with Gasteiger partial charge >= 0.3 is 0 Å². The molecule has 2 saturated heterocycles. The molecular weight excluding hydrogens is 430 g/mol. The number of fused-ring (bicyclic) bond motifs is 3. The van der Waals surface area contributed by atoms with Gasteiger partial charge in [0.2, 0.25) is 0 Å². The third kappa shape index (κ3) is 3.73. The lowest BCUT2D eigenvalue weighted by atomic mass is 10.0. The Kier molecular flexibility index (Phi) is 5.45. The van der Waals surface area contributed by atoms with Crippen LogP contribution in [-0.2, 0) is 4.74 Å². The van der Waals surface area contributed by atoms with Crippen LogP contribution < -0.4 is 5.56 Å². The van der Waals surface area contributed by atoms with Crippen LogP contribution in [0.1, 0.15) is 54.6 Å². The van der Waals surface area contributed by atoms with E-state index in [1.54, 1.807) is 6.20 Å². The van der Waals surface area contributed by atoms with E-state index in [0.717, 1.165) is 66.9 Å². The van der Waals surface area contributed by atoms with Crippen LogP contribution in [0.25, 0.3) is 21.8 Å². The third-order valence-corrected chi connectivity index (χ3v) is 8.16. The maximum atomic E-state index is 13.6. The SMILES string of the molecule is Cc1cc2[nH]c(=O)c3cnn(C4CCOCC4)c3c2cc1C(=O)N1CCN(C(C)C2CC2)CC1. The number of piperazine rings is 1. The monoisotopic (exact) mass is 463 g/mol. The molecular formula is C26H33N5O3. The number of amides is 1. The number of carbonyl (C=O) groups excluding carboxylic acids is 1. The number of aromatic nitrogens is 3. The number of hydrogen-bond acceptors (Lipinski definition) is 5. The second-order valence-electron chi connectivity index (χ2n) is 10.3. The van der Waals surface area contributed by atoms with Gasteiger partial charge in [0.15, 0.2) is 0 Å². The molecule has 1 aliphatic carbocycles. The predicted octanol–water partition coefficient (Wildman–Crippen LogP) is 3.09. The van der Waals surface area contributed by atoms with Gasteiger partial charge in [-0.05, 0) is 63.1 Å². The molecule has 6 rings (SSSR count). The molecule has 3 aliphatic rings. The van der Waals surface area contributed by atoms with E-state index in [0.29, 0.717) is 30.2 Å². The van der Waals surface area contributed by atoms with Gasteiger partial charge in [0, 0.05) is 56.4 Å². The smallest absolute Gasteiger partial charge is 0.259 e. The average Bonchev–Trinajstić information content (AvgIpc) is 3.61. The first kappa shape index (κ1) is 21.8. The largest absolute Gasteiger partial charge is 0.381 e. The molecule has 1 N–H and O–H groups in total. The first-order valence-electron chi connectivity index (χ1n) is 12.7. The number of rotatable bonds is 4. The van der Waals surface area contributed by atoms with Gasteiger partial charge in [-0.3, -0.25) is 19.2 Å². The van der Waals surface area contributed by atoms with Gasteiger partial charge in [0.05, 0.1) is 28.7 Å². The Morgan fingerprint density at radius 1 is 1.09 bits per heavy atom. The zero-order valence-corrected chi connectivity index (χ0v) is 20.0. The van der Waals surface area contributed by atoms with Gasteiger partial charge in [-0.2, -0.15) is 5.10 Å². The van der Waals surface area contributed by atoms with Crippen LogP contribution in [0.3, 0.4) is 0 Å².